The third-order valence-corrected chi connectivity index (χ3v) is 3.69. The lowest BCUT2D eigenvalue weighted by atomic mass is 9.95. The zero-order chi connectivity index (χ0) is 12.7. The Morgan fingerprint density at radius 1 is 1.44 bits per heavy atom. The first-order valence-electron chi connectivity index (χ1n) is 6.15. The van der Waals surface area contributed by atoms with E-state index in [1.807, 2.05) is 0 Å². The molecule has 0 aromatic heterocycles. The summed E-state index contributed by atoms with van der Waals surface area (Å²) in [4.78, 5) is 12.0. The number of halogens is 1. The lowest BCUT2D eigenvalue weighted by molar-refractivity contribution is 0.0840. The van der Waals surface area contributed by atoms with E-state index in [0.29, 0.717) is 5.56 Å². The van der Waals surface area contributed by atoms with E-state index in [1.165, 1.54) is 18.2 Å². The summed E-state index contributed by atoms with van der Waals surface area (Å²) in [5.74, 6) is -0.832. The van der Waals surface area contributed by atoms with Gasteiger partial charge in [0.2, 0.25) is 0 Å². The van der Waals surface area contributed by atoms with Crippen LogP contribution in [0.4, 0.5) is 10.1 Å². The molecule has 96 valence electrons. The number of nitrogen functional groups attached to an aromatic ring is 1. The molecule has 4 nitrogen and oxygen atoms in total. The fourth-order valence-corrected chi connectivity index (χ4v) is 2.71. The van der Waals surface area contributed by atoms with Crippen molar-refractivity contribution >= 4 is 11.6 Å². The number of nitrogens with two attached hydrogens (primary N) is 1. The Balaban J connectivity index is 1.69. The molecule has 0 radical (unpaired) electrons. The lowest BCUT2D eigenvalue weighted by Gasteiger charge is -2.20. The van der Waals surface area contributed by atoms with Crippen LogP contribution in [0.1, 0.15) is 29.6 Å². The van der Waals surface area contributed by atoms with Crippen molar-refractivity contribution in [1.82, 2.24) is 5.32 Å². The first kappa shape index (κ1) is 11.5. The Labute approximate surface area is 104 Å². The molecule has 1 aromatic carbocycles. The summed E-state index contributed by atoms with van der Waals surface area (Å²) in [6, 6.07) is 4.15. The van der Waals surface area contributed by atoms with Crippen molar-refractivity contribution in [2.24, 2.45) is 0 Å². The van der Waals surface area contributed by atoms with Gasteiger partial charge in [-0.1, -0.05) is 0 Å². The van der Waals surface area contributed by atoms with Gasteiger partial charge in [0, 0.05) is 5.56 Å². The number of fused-ring (bicyclic) bond motifs is 2. The second-order valence-electron chi connectivity index (χ2n) is 4.93. The highest BCUT2D eigenvalue weighted by Gasteiger charge is 2.41. The van der Waals surface area contributed by atoms with Crippen LogP contribution in [0.25, 0.3) is 0 Å². The number of nitrogens with one attached hydrogen (secondary N) is 1. The maximum atomic E-state index is 13.3. The molecule has 2 heterocycles. The SMILES string of the molecule is Nc1ccc(C(=O)NC2CC3CCC2O3)cc1F. The number of ether oxygens (including phenoxy) is 1. The average Bonchev–Trinajstić information content (AvgIpc) is 2.94. The summed E-state index contributed by atoms with van der Waals surface area (Å²) in [5, 5.41) is 2.90. The molecule has 1 aromatic rings. The number of anilines is 1. The van der Waals surface area contributed by atoms with Gasteiger partial charge in [0.25, 0.3) is 5.91 Å². The van der Waals surface area contributed by atoms with Crippen molar-refractivity contribution in [3.05, 3.63) is 29.6 Å². The van der Waals surface area contributed by atoms with Gasteiger partial charge in [-0.3, -0.25) is 4.79 Å². The predicted octanol–water partition coefficient (Wildman–Crippen LogP) is 1.46. The van der Waals surface area contributed by atoms with Gasteiger partial charge in [-0.25, -0.2) is 4.39 Å². The third kappa shape index (κ3) is 1.95. The molecule has 2 fully saturated rings. The minimum Gasteiger partial charge on any atom is -0.396 e. The van der Waals surface area contributed by atoms with Gasteiger partial charge in [-0.05, 0) is 37.5 Å². The van der Waals surface area contributed by atoms with Gasteiger partial charge in [-0.2, -0.15) is 0 Å². The van der Waals surface area contributed by atoms with E-state index >= 15 is 0 Å². The Morgan fingerprint density at radius 3 is 2.89 bits per heavy atom. The quantitative estimate of drug-likeness (QED) is 0.781. The van der Waals surface area contributed by atoms with E-state index in [1.54, 1.807) is 0 Å². The normalized spacial score (nSPS) is 29.5. The van der Waals surface area contributed by atoms with Gasteiger partial charge in [0.1, 0.15) is 5.82 Å². The Kier molecular flexibility index (Phi) is 2.70. The fraction of sp³-hybridized carbons (Fsp3) is 0.462. The molecule has 0 spiro atoms. The zero-order valence-corrected chi connectivity index (χ0v) is 9.86. The monoisotopic (exact) mass is 250 g/mol. The molecule has 3 rings (SSSR count). The molecule has 2 bridgehead atoms. The standard InChI is InChI=1S/C13H15FN2O2/c14-9-5-7(1-3-10(9)15)13(17)16-11-6-8-2-4-12(11)18-8/h1,3,5,8,11-12H,2,4,6,15H2,(H,16,17). The number of carbonyl (C=O) groups is 1. The number of carbonyl (C=O) groups excluding carboxylic acids is 1. The highest BCUT2D eigenvalue weighted by atomic mass is 19.1. The van der Waals surface area contributed by atoms with Crippen LogP contribution in [-0.2, 0) is 4.74 Å². The van der Waals surface area contributed by atoms with Crippen LogP contribution in [0.15, 0.2) is 18.2 Å². The molecule has 2 saturated heterocycles. The first-order valence-corrected chi connectivity index (χ1v) is 6.15. The maximum Gasteiger partial charge on any atom is 0.251 e. The Morgan fingerprint density at radius 2 is 2.28 bits per heavy atom. The van der Waals surface area contributed by atoms with Crippen molar-refractivity contribution in [3.63, 3.8) is 0 Å². The van der Waals surface area contributed by atoms with Crippen LogP contribution in [0, 0.1) is 5.82 Å². The fourth-order valence-electron chi connectivity index (χ4n) is 2.71. The number of hydrogen-bond donors (Lipinski definition) is 2. The van der Waals surface area contributed by atoms with Crippen molar-refractivity contribution in [3.8, 4) is 0 Å². The first-order chi connectivity index (χ1) is 8.63. The Hall–Kier alpha value is -1.62. The molecule has 0 saturated carbocycles. The molecule has 0 aliphatic carbocycles. The molecule has 5 heteroatoms. The van der Waals surface area contributed by atoms with Gasteiger partial charge >= 0.3 is 0 Å². The summed E-state index contributed by atoms with van der Waals surface area (Å²) >= 11 is 0. The summed E-state index contributed by atoms with van der Waals surface area (Å²) in [7, 11) is 0. The van der Waals surface area contributed by atoms with Gasteiger partial charge < -0.3 is 15.8 Å². The van der Waals surface area contributed by atoms with Crippen LogP contribution in [0.3, 0.4) is 0 Å². The van der Waals surface area contributed by atoms with E-state index < -0.39 is 5.82 Å². The molecule has 3 atom stereocenters. The molecular formula is C13H15FN2O2. The number of hydrogen-bond acceptors (Lipinski definition) is 3. The van der Waals surface area contributed by atoms with Crippen LogP contribution in [-0.4, -0.2) is 24.2 Å². The maximum absolute atomic E-state index is 13.3. The minimum atomic E-state index is -0.563. The summed E-state index contributed by atoms with van der Waals surface area (Å²) in [6.45, 7) is 0. The van der Waals surface area contributed by atoms with Crippen molar-refractivity contribution in [1.29, 1.82) is 0 Å². The Bertz CT molecular complexity index is 492. The van der Waals surface area contributed by atoms with Crippen LogP contribution in [0.2, 0.25) is 0 Å². The van der Waals surface area contributed by atoms with Crippen molar-refractivity contribution in [2.45, 2.75) is 37.5 Å². The molecule has 1 amide bonds. The van der Waals surface area contributed by atoms with E-state index in [-0.39, 0.29) is 29.8 Å². The molecule has 18 heavy (non-hydrogen) atoms. The molecular weight excluding hydrogens is 235 g/mol. The van der Waals surface area contributed by atoms with Crippen LogP contribution < -0.4 is 11.1 Å². The lowest BCUT2D eigenvalue weighted by Crippen LogP contribution is -2.41. The third-order valence-electron chi connectivity index (χ3n) is 3.69. The summed E-state index contributed by atoms with van der Waals surface area (Å²) in [5.41, 5.74) is 5.72. The molecule has 2 aliphatic heterocycles. The zero-order valence-electron chi connectivity index (χ0n) is 9.86. The number of benzene rings is 1. The predicted molar refractivity (Wildman–Crippen MR) is 64.6 cm³/mol. The van der Waals surface area contributed by atoms with Gasteiger partial charge in [0.05, 0.1) is 23.9 Å². The number of rotatable bonds is 2. The van der Waals surface area contributed by atoms with Gasteiger partial charge in [0.15, 0.2) is 0 Å². The molecule has 3 unspecified atom stereocenters. The van der Waals surface area contributed by atoms with Gasteiger partial charge in [-0.15, -0.1) is 0 Å². The van der Waals surface area contributed by atoms with Crippen molar-refractivity contribution in [2.75, 3.05) is 5.73 Å². The minimum absolute atomic E-state index is 0.0507. The van der Waals surface area contributed by atoms with E-state index in [2.05, 4.69) is 5.32 Å². The van der Waals surface area contributed by atoms with E-state index in [9.17, 15) is 9.18 Å². The van der Waals surface area contributed by atoms with Crippen LogP contribution >= 0.6 is 0 Å². The highest BCUT2D eigenvalue weighted by Crippen LogP contribution is 2.34. The molecule has 2 aliphatic rings. The largest absolute Gasteiger partial charge is 0.396 e. The topological polar surface area (TPSA) is 64.4 Å². The summed E-state index contributed by atoms with van der Waals surface area (Å²) in [6.07, 6.45) is 3.33. The van der Waals surface area contributed by atoms with E-state index in [0.717, 1.165) is 19.3 Å². The smallest absolute Gasteiger partial charge is 0.251 e. The average molecular weight is 250 g/mol. The molecule has 3 N–H and O–H groups in total. The highest BCUT2D eigenvalue weighted by molar-refractivity contribution is 5.94. The number of amides is 1. The van der Waals surface area contributed by atoms with Crippen LogP contribution in [0.5, 0.6) is 0 Å². The summed E-state index contributed by atoms with van der Waals surface area (Å²) < 4.78 is 18.9. The second-order valence-corrected chi connectivity index (χ2v) is 4.93. The van der Waals surface area contributed by atoms with E-state index in [4.69, 9.17) is 10.5 Å². The van der Waals surface area contributed by atoms with Crippen molar-refractivity contribution < 1.29 is 13.9 Å². The second kappa shape index (κ2) is 4.24.